The average molecular weight is 250 g/mol. The molecule has 1 aromatic rings. The smallest absolute Gasteiger partial charge is 0.238 e. The number of rotatable bonds is 1. The Labute approximate surface area is 98.5 Å². The van der Waals surface area contributed by atoms with Crippen LogP contribution < -0.4 is 10.0 Å². The lowest BCUT2D eigenvalue weighted by Gasteiger charge is -2.23. The maximum absolute atomic E-state index is 11.2. The molecular formula is C10H10N4O2S. The van der Waals surface area contributed by atoms with E-state index in [0.717, 1.165) is 17.8 Å². The number of benzene rings is 1. The molecule has 7 heteroatoms. The Bertz CT molecular complexity index is 648. The largest absolute Gasteiger partial charge is 0.308 e. The molecule has 0 atom stereocenters. The van der Waals surface area contributed by atoms with Crippen LogP contribution in [0.2, 0.25) is 0 Å². The summed E-state index contributed by atoms with van der Waals surface area (Å²) in [5.41, 5.74) is 1.67. The van der Waals surface area contributed by atoms with Crippen molar-refractivity contribution in [1.82, 2.24) is 0 Å². The van der Waals surface area contributed by atoms with Gasteiger partial charge in [-0.15, -0.1) is 0 Å². The molecule has 88 valence electrons. The Morgan fingerprint density at radius 1 is 1.35 bits per heavy atom. The third-order valence-electron chi connectivity index (χ3n) is 2.76. The van der Waals surface area contributed by atoms with Gasteiger partial charge in [0.15, 0.2) is 0 Å². The summed E-state index contributed by atoms with van der Waals surface area (Å²) in [6.07, 6.45) is 1.62. The highest BCUT2D eigenvalue weighted by Gasteiger charge is 2.24. The first kappa shape index (κ1) is 10.4. The van der Waals surface area contributed by atoms with Crippen molar-refractivity contribution in [2.75, 3.05) is 18.0 Å². The van der Waals surface area contributed by atoms with Crippen LogP contribution in [0.5, 0.6) is 0 Å². The van der Waals surface area contributed by atoms with E-state index in [4.69, 9.17) is 5.14 Å². The monoisotopic (exact) mass is 250 g/mol. The summed E-state index contributed by atoms with van der Waals surface area (Å²) >= 11 is 0. The van der Waals surface area contributed by atoms with Crippen LogP contribution in [-0.4, -0.2) is 33.7 Å². The molecule has 0 fully saturated rings. The minimum Gasteiger partial charge on any atom is -0.308 e. The van der Waals surface area contributed by atoms with Crippen LogP contribution in [0.25, 0.3) is 0 Å². The fraction of sp³-hybridized carbons (Fsp3) is 0.200. The maximum atomic E-state index is 11.2. The van der Waals surface area contributed by atoms with Crippen molar-refractivity contribution in [3.8, 4) is 0 Å². The summed E-state index contributed by atoms with van der Waals surface area (Å²) in [5, 5.41) is 5.09. The molecule has 0 radical (unpaired) electrons. The van der Waals surface area contributed by atoms with Gasteiger partial charge in [-0.3, -0.25) is 0 Å². The predicted octanol–water partition coefficient (Wildman–Crippen LogP) is -0.0575. The van der Waals surface area contributed by atoms with Crippen molar-refractivity contribution in [3.05, 3.63) is 23.8 Å². The molecule has 0 unspecified atom stereocenters. The minimum atomic E-state index is -3.67. The topological polar surface area (TPSA) is 88.1 Å². The van der Waals surface area contributed by atoms with Crippen molar-refractivity contribution in [2.45, 2.75) is 4.90 Å². The number of hydrogen-bond donors (Lipinski definition) is 1. The predicted molar refractivity (Wildman–Crippen MR) is 65.1 cm³/mol. The van der Waals surface area contributed by atoms with Crippen molar-refractivity contribution < 1.29 is 8.42 Å². The molecule has 2 aliphatic heterocycles. The van der Waals surface area contributed by atoms with Gasteiger partial charge in [-0.05, 0) is 18.2 Å². The summed E-state index contributed by atoms with van der Waals surface area (Å²) in [4.78, 5) is 10.5. The summed E-state index contributed by atoms with van der Waals surface area (Å²) < 4.78 is 22.5. The van der Waals surface area contributed by atoms with Gasteiger partial charge in [0.1, 0.15) is 0 Å². The van der Waals surface area contributed by atoms with E-state index in [1.54, 1.807) is 12.3 Å². The molecule has 2 heterocycles. The molecular weight excluding hydrogens is 240 g/mol. The van der Waals surface area contributed by atoms with E-state index in [1.807, 2.05) is 4.90 Å². The fourth-order valence-electron chi connectivity index (χ4n) is 1.96. The number of anilines is 1. The standard InChI is InChI=1S/C10H10N4O2S/c11-17(15,16)8-1-2-9-7(5-8)6-13-10-12-3-4-14(9)10/h1-2,5-6H,3-4H2,(H2,11,15,16). The fourth-order valence-corrected chi connectivity index (χ4v) is 2.51. The molecule has 2 N–H and O–H groups in total. The van der Waals surface area contributed by atoms with Crippen molar-refractivity contribution in [1.29, 1.82) is 0 Å². The summed E-state index contributed by atoms with van der Waals surface area (Å²) in [7, 11) is -3.67. The molecule has 3 rings (SSSR count). The van der Waals surface area contributed by atoms with Gasteiger partial charge in [0.05, 0.1) is 17.1 Å². The lowest BCUT2D eigenvalue weighted by molar-refractivity contribution is 0.598. The lowest BCUT2D eigenvalue weighted by atomic mass is 10.1. The molecule has 0 aliphatic carbocycles. The van der Waals surface area contributed by atoms with Crippen LogP contribution in [0.15, 0.2) is 33.1 Å². The zero-order valence-electron chi connectivity index (χ0n) is 8.87. The summed E-state index contributed by atoms with van der Waals surface area (Å²) in [6, 6.07) is 4.77. The highest BCUT2D eigenvalue weighted by molar-refractivity contribution is 7.89. The lowest BCUT2D eigenvalue weighted by Crippen LogP contribution is -2.30. The van der Waals surface area contributed by atoms with Gasteiger partial charge in [0.25, 0.3) is 0 Å². The molecule has 0 aromatic heterocycles. The Hall–Kier alpha value is -1.73. The van der Waals surface area contributed by atoms with E-state index >= 15 is 0 Å². The molecule has 17 heavy (non-hydrogen) atoms. The van der Waals surface area contributed by atoms with Crippen molar-refractivity contribution in [2.24, 2.45) is 15.1 Å². The van der Waals surface area contributed by atoms with Gasteiger partial charge in [-0.1, -0.05) is 0 Å². The van der Waals surface area contributed by atoms with Gasteiger partial charge in [0, 0.05) is 18.3 Å². The first-order chi connectivity index (χ1) is 8.05. The van der Waals surface area contributed by atoms with Gasteiger partial charge in [-0.2, -0.15) is 0 Å². The summed E-state index contributed by atoms with van der Waals surface area (Å²) in [5.74, 6) is 0.681. The minimum absolute atomic E-state index is 0.0993. The van der Waals surface area contributed by atoms with Crippen LogP contribution in [0, 0.1) is 0 Å². The first-order valence-corrected chi connectivity index (χ1v) is 6.63. The van der Waals surface area contributed by atoms with Gasteiger partial charge in [-0.25, -0.2) is 23.5 Å². The van der Waals surface area contributed by atoms with Crippen LogP contribution in [0.3, 0.4) is 0 Å². The second kappa shape index (κ2) is 3.38. The zero-order chi connectivity index (χ0) is 12.0. The number of aliphatic imine (C=N–C) groups is 2. The van der Waals surface area contributed by atoms with Crippen LogP contribution >= 0.6 is 0 Å². The van der Waals surface area contributed by atoms with Crippen LogP contribution in [-0.2, 0) is 10.0 Å². The maximum Gasteiger partial charge on any atom is 0.238 e. The average Bonchev–Trinajstić information content (AvgIpc) is 2.75. The molecule has 0 spiro atoms. The number of guanidine groups is 1. The zero-order valence-corrected chi connectivity index (χ0v) is 9.68. The third-order valence-corrected chi connectivity index (χ3v) is 3.67. The number of fused-ring (bicyclic) bond motifs is 3. The molecule has 6 nitrogen and oxygen atoms in total. The van der Waals surface area contributed by atoms with Crippen LogP contribution in [0.4, 0.5) is 5.69 Å². The third kappa shape index (κ3) is 1.63. The second-order valence-corrected chi connectivity index (χ2v) is 5.42. The molecule has 0 amide bonds. The van der Waals surface area contributed by atoms with Gasteiger partial charge < -0.3 is 4.90 Å². The highest BCUT2D eigenvalue weighted by Crippen LogP contribution is 2.27. The van der Waals surface area contributed by atoms with E-state index in [0.29, 0.717) is 12.5 Å². The number of nitrogens with two attached hydrogens (primary N) is 1. The molecule has 1 aromatic carbocycles. The van der Waals surface area contributed by atoms with E-state index in [1.165, 1.54) is 12.1 Å². The Morgan fingerprint density at radius 3 is 2.94 bits per heavy atom. The number of primary sulfonamides is 1. The number of nitrogens with zero attached hydrogens (tertiary/aromatic N) is 3. The quantitative estimate of drug-likeness (QED) is 0.757. The van der Waals surface area contributed by atoms with E-state index in [9.17, 15) is 8.42 Å². The van der Waals surface area contributed by atoms with Crippen molar-refractivity contribution in [3.63, 3.8) is 0 Å². The first-order valence-electron chi connectivity index (χ1n) is 5.08. The van der Waals surface area contributed by atoms with Crippen molar-refractivity contribution >= 4 is 27.9 Å². The van der Waals surface area contributed by atoms with Crippen LogP contribution in [0.1, 0.15) is 5.56 Å². The molecule has 2 aliphatic rings. The number of hydrogen-bond acceptors (Lipinski definition) is 5. The molecule has 0 saturated heterocycles. The van der Waals surface area contributed by atoms with E-state index in [2.05, 4.69) is 9.98 Å². The van der Waals surface area contributed by atoms with E-state index < -0.39 is 10.0 Å². The molecule has 0 saturated carbocycles. The Kier molecular flexibility index (Phi) is 2.07. The number of sulfonamides is 1. The highest BCUT2D eigenvalue weighted by atomic mass is 32.2. The van der Waals surface area contributed by atoms with E-state index in [-0.39, 0.29) is 4.90 Å². The van der Waals surface area contributed by atoms with Gasteiger partial charge in [0.2, 0.25) is 16.0 Å². The normalized spacial score (nSPS) is 17.7. The second-order valence-electron chi connectivity index (χ2n) is 3.86. The molecule has 0 bridgehead atoms. The Balaban J connectivity index is 2.15. The Morgan fingerprint density at radius 2 is 2.18 bits per heavy atom. The SMILES string of the molecule is NS(=O)(=O)c1ccc2c(c1)C=NC1=NCCN12. The van der Waals surface area contributed by atoms with Gasteiger partial charge >= 0.3 is 0 Å². The summed E-state index contributed by atoms with van der Waals surface area (Å²) in [6.45, 7) is 1.48.